The number of aryl methyl sites for hydroxylation is 2. The van der Waals surface area contributed by atoms with Crippen LogP contribution in [-0.2, 0) is 17.8 Å². The molecule has 2 heterocycles. The van der Waals surface area contributed by atoms with Crippen LogP contribution in [0.15, 0.2) is 18.2 Å². The van der Waals surface area contributed by atoms with Crippen molar-refractivity contribution < 1.29 is 4.79 Å². The highest BCUT2D eigenvalue weighted by molar-refractivity contribution is 5.96. The van der Waals surface area contributed by atoms with E-state index in [0.29, 0.717) is 6.42 Å². The van der Waals surface area contributed by atoms with Crippen LogP contribution in [0.2, 0.25) is 0 Å². The minimum Gasteiger partial charge on any atom is -0.328 e. The number of rotatable bonds is 3. The van der Waals surface area contributed by atoms with E-state index in [1.165, 1.54) is 19.3 Å². The van der Waals surface area contributed by atoms with Gasteiger partial charge >= 0.3 is 0 Å². The average Bonchev–Trinajstić information content (AvgIpc) is 2.67. The van der Waals surface area contributed by atoms with E-state index in [1.54, 1.807) is 0 Å². The zero-order valence-corrected chi connectivity index (χ0v) is 12.4. The summed E-state index contributed by atoms with van der Waals surface area (Å²) >= 11 is 0. The molecule has 0 bridgehead atoms. The van der Waals surface area contributed by atoms with Crippen LogP contribution in [-0.4, -0.2) is 21.5 Å². The predicted octanol–water partition coefficient (Wildman–Crippen LogP) is 2.44. The van der Waals surface area contributed by atoms with Gasteiger partial charge in [-0.2, -0.15) is 0 Å². The van der Waals surface area contributed by atoms with Gasteiger partial charge < -0.3 is 15.6 Å². The van der Waals surface area contributed by atoms with Gasteiger partial charge in [0.15, 0.2) is 0 Å². The summed E-state index contributed by atoms with van der Waals surface area (Å²) in [6.07, 6.45) is 5.36. The smallest absolute Gasteiger partial charge is 0.241 e. The Morgan fingerprint density at radius 1 is 1.43 bits per heavy atom. The molecule has 5 nitrogen and oxygen atoms in total. The van der Waals surface area contributed by atoms with Gasteiger partial charge in [-0.1, -0.05) is 13.3 Å². The molecule has 0 aliphatic carbocycles. The molecule has 1 atom stereocenters. The lowest BCUT2D eigenvalue weighted by molar-refractivity contribution is -0.117. The van der Waals surface area contributed by atoms with Crippen LogP contribution in [0.5, 0.6) is 0 Å². The molecule has 0 unspecified atom stereocenters. The van der Waals surface area contributed by atoms with Crippen molar-refractivity contribution in [2.45, 2.75) is 51.6 Å². The Labute approximate surface area is 124 Å². The lowest BCUT2D eigenvalue weighted by atomic mass is 10.2. The SMILES string of the molecule is CC[C@H](N)C(=O)Nc1ccc2c(c1)nc1n2CCCCC1. The highest BCUT2D eigenvalue weighted by Crippen LogP contribution is 2.24. The van der Waals surface area contributed by atoms with Gasteiger partial charge in [0.1, 0.15) is 5.82 Å². The van der Waals surface area contributed by atoms with Gasteiger partial charge in [0, 0.05) is 18.7 Å². The van der Waals surface area contributed by atoms with Crippen molar-refractivity contribution in [1.29, 1.82) is 0 Å². The van der Waals surface area contributed by atoms with Crippen LogP contribution in [0.3, 0.4) is 0 Å². The van der Waals surface area contributed by atoms with Crippen molar-refractivity contribution >= 4 is 22.6 Å². The highest BCUT2D eigenvalue weighted by atomic mass is 16.2. The third kappa shape index (κ3) is 2.78. The highest BCUT2D eigenvalue weighted by Gasteiger charge is 2.15. The zero-order valence-electron chi connectivity index (χ0n) is 12.4. The quantitative estimate of drug-likeness (QED) is 0.910. The average molecular weight is 286 g/mol. The number of nitrogens with zero attached hydrogens (tertiary/aromatic N) is 2. The maximum absolute atomic E-state index is 11.9. The third-order valence-corrected chi connectivity index (χ3v) is 4.15. The number of carbonyl (C=O) groups excluding carboxylic acids is 1. The molecular weight excluding hydrogens is 264 g/mol. The second-order valence-corrected chi connectivity index (χ2v) is 5.70. The number of anilines is 1. The first-order chi connectivity index (χ1) is 10.2. The molecule has 1 aliphatic rings. The minimum atomic E-state index is -0.459. The van der Waals surface area contributed by atoms with Gasteiger partial charge in [-0.25, -0.2) is 4.98 Å². The summed E-state index contributed by atoms with van der Waals surface area (Å²) in [4.78, 5) is 16.6. The van der Waals surface area contributed by atoms with Crippen molar-refractivity contribution in [3.05, 3.63) is 24.0 Å². The van der Waals surface area contributed by atoms with Crippen LogP contribution in [0.1, 0.15) is 38.4 Å². The fourth-order valence-corrected chi connectivity index (χ4v) is 2.85. The van der Waals surface area contributed by atoms with E-state index in [-0.39, 0.29) is 5.91 Å². The molecule has 0 saturated heterocycles. The Balaban J connectivity index is 1.89. The Kier molecular flexibility index (Phi) is 3.92. The Bertz CT molecular complexity index is 662. The second-order valence-electron chi connectivity index (χ2n) is 5.70. The molecule has 1 aromatic carbocycles. The number of benzene rings is 1. The van der Waals surface area contributed by atoms with Gasteiger partial charge in [-0.05, 0) is 37.5 Å². The summed E-state index contributed by atoms with van der Waals surface area (Å²) < 4.78 is 2.31. The molecule has 21 heavy (non-hydrogen) atoms. The molecule has 0 spiro atoms. The summed E-state index contributed by atoms with van der Waals surface area (Å²) in [5.74, 6) is 1.02. The molecular formula is C16H22N4O. The number of hydrogen-bond acceptors (Lipinski definition) is 3. The lowest BCUT2D eigenvalue weighted by Gasteiger charge is -2.10. The zero-order chi connectivity index (χ0) is 14.8. The molecule has 0 saturated carbocycles. The van der Waals surface area contributed by atoms with Crippen molar-refractivity contribution in [3.8, 4) is 0 Å². The number of hydrogen-bond donors (Lipinski definition) is 2. The Morgan fingerprint density at radius 3 is 3.10 bits per heavy atom. The molecule has 2 aromatic rings. The molecule has 3 rings (SSSR count). The van der Waals surface area contributed by atoms with Gasteiger partial charge in [0.05, 0.1) is 17.1 Å². The van der Waals surface area contributed by atoms with Crippen LogP contribution in [0, 0.1) is 0 Å². The topological polar surface area (TPSA) is 72.9 Å². The van der Waals surface area contributed by atoms with E-state index < -0.39 is 6.04 Å². The van der Waals surface area contributed by atoms with Gasteiger partial charge in [-0.3, -0.25) is 4.79 Å². The largest absolute Gasteiger partial charge is 0.328 e. The molecule has 5 heteroatoms. The Morgan fingerprint density at radius 2 is 2.29 bits per heavy atom. The molecule has 3 N–H and O–H groups in total. The summed E-state index contributed by atoms with van der Waals surface area (Å²) in [6.45, 7) is 2.94. The summed E-state index contributed by atoms with van der Waals surface area (Å²) in [5.41, 5.74) is 8.62. The summed E-state index contributed by atoms with van der Waals surface area (Å²) in [6, 6.07) is 5.46. The van der Waals surface area contributed by atoms with Crippen LogP contribution in [0.4, 0.5) is 5.69 Å². The van der Waals surface area contributed by atoms with Crippen molar-refractivity contribution in [2.24, 2.45) is 5.73 Å². The summed E-state index contributed by atoms with van der Waals surface area (Å²) in [5, 5.41) is 2.86. The van der Waals surface area contributed by atoms with Crippen LogP contribution in [0.25, 0.3) is 11.0 Å². The van der Waals surface area contributed by atoms with E-state index in [2.05, 4.69) is 9.88 Å². The number of aromatic nitrogens is 2. The fourth-order valence-electron chi connectivity index (χ4n) is 2.85. The first-order valence-corrected chi connectivity index (χ1v) is 7.74. The van der Waals surface area contributed by atoms with E-state index in [0.717, 1.165) is 35.5 Å². The molecule has 1 aromatic heterocycles. The van der Waals surface area contributed by atoms with Gasteiger partial charge in [0.25, 0.3) is 0 Å². The second kappa shape index (κ2) is 5.85. The number of carbonyl (C=O) groups is 1. The molecule has 112 valence electrons. The molecule has 1 aliphatic heterocycles. The number of nitrogens with two attached hydrogens (primary N) is 1. The van der Waals surface area contributed by atoms with Crippen LogP contribution < -0.4 is 11.1 Å². The van der Waals surface area contributed by atoms with Gasteiger partial charge in [-0.15, -0.1) is 0 Å². The van der Waals surface area contributed by atoms with Crippen molar-refractivity contribution in [1.82, 2.24) is 9.55 Å². The normalized spacial score (nSPS) is 16.3. The number of fused-ring (bicyclic) bond motifs is 3. The maximum atomic E-state index is 11.9. The minimum absolute atomic E-state index is 0.141. The first kappa shape index (κ1) is 14.1. The third-order valence-electron chi connectivity index (χ3n) is 4.15. The van der Waals surface area contributed by atoms with Crippen molar-refractivity contribution in [2.75, 3.05) is 5.32 Å². The number of amides is 1. The number of imidazole rings is 1. The molecule has 1 amide bonds. The van der Waals surface area contributed by atoms with Gasteiger partial charge in [0.2, 0.25) is 5.91 Å². The van der Waals surface area contributed by atoms with Crippen LogP contribution >= 0.6 is 0 Å². The fraction of sp³-hybridized carbons (Fsp3) is 0.500. The van der Waals surface area contributed by atoms with E-state index >= 15 is 0 Å². The maximum Gasteiger partial charge on any atom is 0.241 e. The lowest BCUT2D eigenvalue weighted by Crippen LogP contribution is -2.34. The van der Waals surface area contributed by atoms with E-state index in [1.807, 2.05) is 25.1 Å². The standard InChI is InChI=1S/C16H22N4O/c1-2-12(17)16(21)18-11-7-8-14-13(10-11)19-15-6-4-3-5-9-20(14)15/h7-8,10,12H,2-6,9,17H2,1H3,(H,18,21)/t12-/m0/s1. The predicted molar refractivity (Wildman–Crippen MR) is 84.2 cm³/mol. The van der Waals surface area contributed by atoms with E-state index in [9.17, 15) is 4.79 Å². The molecule has 0 fully saturated rings. The van der Waals surface area contributed by atoms with E-state index in [4.69, 9.17) is 10.7 Å². The first-order valence-electron chi connectivity index (χ1n) is 7.74. The summed E-state index contributed by atoms with van der Waals surface area (Å²) in [7, 11) is 0. The molecule has 0 radical (unpaired) electrons. The monoisotopic (exact) mass is 286 g/mol. The van der Waals surface area contributed by atoms with Crippen molar-refractivity contribution in [3.63, 3.8) is 0 Å². The Hall–Kier alpha value is -1.88. The number of nitrogens with one attached hydrogen (secondary N) is 1.